The van der Waals surface area contributed by atoms with Gasteiger partial charge in [-0.15, -0.1) is 10.2 Å². The van der Waals surface area contributed by atoms with Gasteiger partial charge in [0.1, 0.15) is 0 Å². The fraction of sp³-hybridized carbons (Fsp3) is 0.0833. The second-order valence-corrected chi connectivity index (χ2v) is 6.93. The summed E-state index contributed by atoms with van der Waals surface area (Å²) in [6.07, 6.45) is 3.13. The normalized spacial score (nSPS) is 10.1. The number of carbonyl (C=O) groups excluding carboxylic acids is 2. The molecule has 0 radical (unpaired) electrons. The van der Waals surface area contributed by atoms with Gasteiger partial charge in [0.05, 0.1) is 31.1 Å². The summed E-state index contributed by atoms with van der Waals surface area (Å²) in [5.41, 5.74) is 2.49. The number of Topliss-reactive ketones (excluding diaryl/α,β-unsaturated/α-hetero) is 1. The Kier molecular flexibility index (Phi) is 5.79. The van der Waals surface area contributed by atoms with E-state index < -0.39 is 5.91 Å². The van der Waals surface area contributed by atoms with E-state index in [9.17, 15) is 14.9 Å². The van der Waals surface area contributed by atoms with E-state index in [0.29, 0.717) is 45.3 Å². The molecule has 1 N–H and O–H groups in total. The molecule has 0 saturated carbocycles. The Labute approximate surface area is 188 Å². The monoisotopic (exact) mass is 436 g/mol. The lowest BCUT2D eigenvalue weighted by molar-refractivity contribution is 0.101. The first-order valence-corrected chi connectivity index (χ1v) is 9.71. The minimum absolute atomic E-state index is 0.136. The van der Waals surface area contributed by atoms with E-state index in [1.54, 1.807) is 47.0 Å². The summed E-state index contributed by atoms with van der Waals surface area (Å²) >= 11 is 0. The zero-order valence-corrected chi connectivity index (χ0v) is 17.7. The highest BCUT2D eigenvalue weighted by Gasteiger charge is 2.10. The molecule has 0 fully saturated rings. The van der Waals surface area contributed by atoms with Crippen LogP contribution in [0.3, 0.4) is 0 Å². The van der Waals surface area contributed by atoms with Gasteiger partial charge in [0.15, 0.2) is 11.4 Å². The van der Waals surface area contributed by atoms with Crippen molar-refractivity contribution in [3.63, 3.8) is 0 Å². The van der Waals surface area contributed by atoms with Crippen LogP contribution in [0.4, 0.5) is 5.69 Å². The van der Waals surface area contributed by atoms with Crippen molar-refractivity contribution in [3.05, 3.63) is 82.9 Å². The topological polar surface area (TPSA) is 122 Å². The molecule has 4 aromatic rings. The predicted octanol–water partition coefficient (Wildman–Crippen LogP) is 2.86. The van der Waals surface area contributed by atoms with Crippen LogP contribution in [0.25, 0.3) is 5.65 Å². The van der Waals surface area contributed by atoms with Crippen molar-refractivity contribution in [1.82, 2.24) is 19.6 Å². The van der Waals surface area contributed by atoms with Crippen molar-refractivity contribution in [3.8, 4) is 23.8 Å². The quantitative estimate of drug-likeness (QED) is 0.385. The molecular formula is C24H16N6O3. The molecule has 0 bridgehead atoms. The first-order valence-electron chi connectivity index (χ1n) is 9.71. The molecule has 33 heavy (non-hydrogen) atoms. The number of hydrogen-bond acceptors (Lipinski definition) is 7. The maximum absolute atomic E-state index is 12.7. The van der Waals surface area contributed by atoms with E-state index >= 15 is 0 Å². The van der Waals surface area contributed by atoms with Crippen molar-refractivity contribution in [1.29, 1.82) is 5.26 Å². The molecule has 0 atom stereocenters. The zero-order chi connectivity index (χ0) is 23.4. The molecule has 0 saturated heterocycles. The fourth-order valence-electron chi connectivity index (χ4n) is 3.02. The van der Waals surface area contributed by atoms with Crippen molar-refractivity contribution in [2.45, 2.75) is 6.92 Å². The number of methoxy groups -OCH3 is 1. The minimum atomic E-state index is -0.407. The molecule has 0 aliphatic heterocycles. The van der Waals surface area contributed by atoms with Gasteiger partial charge in [-0.2, -0.15) is 5.26 Å². The van der Waals surface area contributed by atoms with Gasteiger partial charge in [-0.25, -0.2) is 4.98 Å². The van der Waals surface area contributed by atoms with Crippen molar-refractivity contribution in [2.24, 2.45) is 0 Å². The molecule has 4 rings (SSSR count). The summed E-state index contributed by atoms with van der Waals surface area (Å²) in [7, 11) is 1.50. The van der Waals surface area contributed by atoms with Crippen LogP contribution in [-0.4, -0.2) is 38.4 Å². The predicted molar refractivity (Wildman–Crippen MR) is 119 cm³/mol. The van der Waals surface area contributed by atoms with Gasteiger partial charge in [-0.3, -0.25) is 14.0 Å². The van der Waals surface area contributed by atoms with Crippen molar-refractivity contribution < 1.29 is 14.3 Å². The molecular weight excluding hydrogens is 420 g/mol. The van der Waals surface area contributed by atoms with Crippen molar-refractivity contribution in [2.75, 3.05) is 12.4 Å². The van der Waals surface area contributed by atoms with Gasteiger partial charge in [-0.1, -0.05) is 18.1 Å². The van der Waals surface area contributed by atoms with E-state index in [4.69, 9.17) is 4.74 Å². The summed E-state index contributed by atoms with van der Waals surface area (Å²) in [6.45, 7) is 1.43. The smallest absolute Gasteiger partial charge is 0.255 e. The largest absolute Gasteiger partial charge is 0.480 e. The number of amides is 1. The van der Waals surface area contributed by atoms with E-state index in [-0.39, 0.29) is 5.78 Å². The molecule has 2 heterocycles. The molecule has 0 unspecified atom stereocenters. The summed E-state index contributed by atoms with van der Waals surface area (Å²) < 4.78 is 6.76. The maximum atomic E-state index is 12.7. The molecule has 2 aromatic heterocycles. The van der Waals surface area contributed by atoms with E-state index in [1.807, 2.05) is 0 Å². The number of nitriles is 1. The second-order valence-electron chi connectivity index (χ2n) is 6.93. The number of hydrogen-bond donors (Lipinski definition) is 1. The van der Waals surface area contributed by atoms with Crippen LogP contribution in [0.5, 0.6) is 5.88 Å². The van der Waals surface area contributed by atoms with E-state index in [1.165, 1.54) is 26.3 Å². The van der Waals surface area contributed by atoms with Crippen LogP contribution in [0.1, 0.15) is 44.6 Å². The Morgan fingerprint density at radius 2 is 1.85 bits per heavy atom. The van der Waals surface area contributed by atoms with Gasteiger partial charge < -0.3 is 10.1 Å². The number of ether oxygens (including phenoxy) is 1. The van der Waals surface area contributed by atoms with Crippen LogP contribution in [0.15, 0.2) is 54.9 Å². The number of nitrogens with zero attached hydrogens (tertiary/aromatic N) is 5. The number of nitrogens with one attached hydrogen (secondary N) is 1. The zero-order valence-electron chi connectivity index (χ0n) is 17.7. The highest BCUT2D eigenvalue weighted by Crippen LogP contribution is 2.17. The minimum Gasteiger partial charge on any atom is -0.480 e. The lowest BCUT2D eigenvalue weighted by Crippen LogP contribution is -2.12. The van der Waals surface area contributed by atoms with Gasteiger partial charge >= 0.3 is 0 Å². The van der Waals surface area contributed by atoms with Crippen LogP contribution in [0, 0.1) is 23.2 Å². The standard InChI is InChI=1S/C24H16N6O3/c1-15(31)18-4-3-5-19(11-18)24(32)27-20-9-16(8-17(10-20)12-25)6-7-21-28-29-22-13-26-23(33-2)14-30(21)22/h3-5,8-11,13-14H,1-2H3,(H,27,32). The summed E-state index contributed by atoms with van der Waals surface area (Å²) in [5.74, 6) is 6.06. The Bertz CT molecular complexity index is 1500. The Balaban J connectivity index is 1.64. The van der Waals surface area contributed by atoms with E-state index in [0.717, 1.165) is 0 Å². The van der Waals surface area contributed by atoms with Gasteiger partial charge in [0.25, 0.3) is 5.91 Å². The molecule has 0 aliphatic rings. The third-order valence-corrected chi connectivity index (χ3v) is 4.65. The van der Waals surface area contributed by atoms with Crippen LogP contribution in [-0.2, 0) is 0 Å². The molecule has 9 heteroatoms. The highest BCUT2D eigenvalue weighted by atomic mass is 16.5. The molecule has 2 aromatic carbocycles. The average molecular weight is 436 g/mol. The number of fused-ring (bicyclic) bond motifs is 1. The molecule has 0 spiro atoms. The fourth-order valence-corrected chi connectivity index (χ4v) is 3.02. The number of carbonyl (C=O) groups is 2. The number of rotatable bonds is 4. The van der Waals surface area contributed by atoms with Crippen LogP contribution in [0.2, 0.25) is 0 Å². The summed E-state index contributed by atoms with van der Waals surface area (Å²) in [6, 6.07) is 13.3. The Morgan fingerprint density at radius 3 is 2.61 bits per heavy atom. The number of aromatic nitrogens is 4. The maximum Gasteiger partial charge on any atom is 0.255 e. The third-order valence-electron chi connectivity index (χ3n) is 4.65. The lowest BCUT2D eigenvalue weighted by Gasteiger charge is -2.07. The molecule has 160 valence electrons. The Morgan fingerprint density at radius 1 is 1.06 bits per heavy atom. The van der Waals surface area contributed by atoms with Gasteiger partial charge in [0.2, 0.25) is 11.7 Å². The van der Waals surface area contributed by atoms with Crippen LogP contribution < -0.4 is 10.1 Å². The van der Waals surface area contributed by atoms with Crippen LogP contribution >= 0.6 is 0 Å². The molecule has 0 aliphatic carbocycles. The average Bonchev–Trinajstić information content (AvgIpc) is 3.24. The molecule has 9 nitrogen and oxygen atoms in total. The first-order chi connectivity index (χ1) is 16.0. The lowest BCUT2D eigenvalue weighted by atomic mass is 10.1. The number of ketones is 1. The summed E-state index contributed by atoms with van der Waals surface area (Å²) in [4.78, 5) is 28.3. The van der Waals surface area contributed by atoms with E-state index in [2.05, 4.69) is 38.4 Å². The molecule has 1 amide bonds. The number of anilines is 1. The van der Waals surface area contributed by atoms with Gasteiger partial charge in [0, 0.05) is 22.4 Å². The first kappa shape index (κ1) is 21.2. The number of benzene rings is 2. The summed E-state index contributed by atoms with van der Waals surface area (Å²) in [5, 5.41) is 20.2. The third kappa shape index (κ3) is 4.68. The SMILES string of the molecule is COc1cn2c(C#Cc3cc(C#N)cc(NC(=O)c4cccc(C(C)=O)c4)c3)nnc2cn1. The van der Waals surface area contributed by atoms with Gasteiger partial charge in [-0.05, 0) is 43.2 Å². The Hall–Kier alpha value is -5.02. The second kappa shape index (κ2) is 9.00. The highest BCUT2D eigenvalue weighted by molar-refractivity contribution is 6.06. The van der Waals surface area contributed by atoms with Crippen molar-refractivity contribution >= 4 is 23.0 Å².